The highest BCUT2D eigenvalue weighted by Crippen LogP contribution is 2.30. The number of nitrogens with one attached hydrogen (secondary N) is 1. The van der Waals surface area contributed by atoms with Gasteiger partial charge in [0.25, 0.3) is 0 Å². The van der Waals surface area contributed by atoms with E-state index < -0.39 is 0 Å². The Morgan fingerprint density at radius 2 is 1.95 bits per heavy atom. The van der Waals surface area contributed by atoms with Gasteiger partial charge in [0.1, 0.15) is 0 Å². The number of nitrogens with zero attached hydrogens (tertiary/aromatic N) is 1. The van der Waals surface area contributed by atoms with Gasteiger partial charge in [0.15, 0.2) is 0 Å². The first kappa shape index (κ1) is 13.9. The van der Waals surface area contributed by atoms with Crippen LogP contribution >= 0.6 is 11.8 Å². The molecule has 0 unspecified atom stereocenters. The van der Waals surface area contributed by atoms with Crippen molar-refractivity contribution >= 4 is 28.7 Å². The number of carbonyl (C=O) groups excluding carboxylic acids is 3. The lowest BCUT2D eigenvalue weighted by atomic mass is 10.1. The van der Waals surface area contributed by atoms with Crippen molar-refractivity contribution in [3.05, 3.63) is 0 Å². The summed E-state index contributed by atoms with van der Waals surface area (Å²) in [7, 11) is 0. The molecule has 1 aliphatic carbocycles. The average Bonchev–Trinajstić information content (AvgIpc) is 3.11. The van der Waals surface area contributed by atoms with Crippen LogP contribution in [-0.4, -0.2) is 46.2 Å². The molecular formula is C14H20N2O3S. The molecule has 3 rings (SSSR count). The normalized spacial score (nSPS) is 31.3. The lowest BCUT2D eigenvalue weighted by molar-refractivity contribution is -0.130. The monoisotopic (exact) mass is 296 g/mol. The fourth-order valence-corrected chi connectivity index (χ4v) is 4.33. The lowest BCUT2D eigenvalue weighted by Crippen LogP contribution is -2.42. The SMILES string of the molecule is O=C(N[C@@H]1CCSC1=O)[C@H]1CC(=O)N(C2CCCC2)C1. The molecule has 5 nitrogen and oxygen atoms in total. The molecule has 2 heterocycles. The van der Waals surface area contributed by atoms with E-state index in [4.69, 9.17) is 0 Å². The van der Waals surface area contributed by atoms with Crippen molar-refractivity contribution in [1.82, 2.24) is 10.2 Å². The molecule has 0 aromatic carbocycles. The maximum atomic E-state index is 12.2. The molecule has 0 aromatic heterocycles. The van der Waals surface area contributed by atoms with Crippen molar-refractivity contribution in [2.75, 3.05) is 12.3 Å². The van der Waals surface area contributed by atoms with Crippen molar-refractivity contribution in [2.45, 2.75) is 50.6 Å². The van der Waals surface area contributed by atoms with Gasteiger partial charge in [-0.15, -0.1) is 0 Å². The Balaban J connectivity index is 1.56. The van der Waals surface area contributed by atoms with Crippen LogP contribution in [0.1, 0.15) is 38.5 Å². The van der Waals surface area contributed by atoms with E-state index >= 15 is 0 Å². The predicted molar refractivity (Wildman–Crippen MR) is 76.1 cm³/mol. The fraction of sp³-hybridized carbons (Fsp3) is 0.786. The topological polar surface area (TPSA) is 66.5 Å². The van der Waals surface area contributed by atoms with E-state index in [0.717, 1.165) is 18.6 Å². The predicted octanol–water partition coefficient (Wildman–Crippen LogP) is 0.926. The zero-order valence-corrected chi connectivity index (χ0v) is 12.3. The molecule has 2 amide bonds. The Bertz CT molecular complexity index is 434. The molecule has 6 heteroatoms. The number of likely N-dealkylation sites (tertiary alicyclic amines) is 1. The van der Waals surface area contributed by atoms with Crippen LogP contribution in [0.25, 0.3) is 0 Å². The van der Waals surface area contributed by atoms with Crippen LogP contribution in [0.15, 0.2) is 0 Å². The molecule has 1 N–H and O–H groups in total. The number of rotatable bonds is 3. The molecule has 110 valence electrons. The van der Waals surface area contributed by atoms with Crippen molar-refractivity contribution < 1.29 is 14.4 Å². The van der Waals surface area contributed by atoms with Crippen molar-refractivity contribution in [3.63, 3.8) is 0 Å². The summed E-state index contributed by atoms with van der Waals surface area (Å²) in [5.41, 5.74) is 0. The molecule has 3 aliphatic rings. The summed E-state index contributed by atoms with van der Waals surface area (Å²) in [5, 5.41) is 2.87. The highest BCUT2D eigenvalue weighted by atomic mass is 32.2. The summed E-state index contributed by atoms with van der Waals surface area (Å²) in [5.74, 6) is 0.479. The molecular weight excluding hydrogens is 276 g/mol. The smallest absolute Gasteiger partial charge is 0.226 e. The van der Waals surface area contributed by atoms with Crippen LogP contribution in [0, 0.1) is 5.92 Å². The number of amides is 2. The molecule has 2 saturated heterocycles. The van der Waals surface area contributed by atoms with Gasteiger partial charge in [-0.05, 0) is 19.3 Å². The van der Waals surface area contributed by atoms with Crippen LogP contribution in [0.5, 0.6) is 0 Å². The molecule has 3 fully saturated rings. The highest BCUT2D eigenvalue weighted by Gasteiger charge is 2.39. The second kappa shape index (κ2) is 5.76. The third kappa shape index (κ3) is 2.71. The van der Waals surface area contributed by atoms with Gasteiger partial charge in [-0.2, -0.15) is 0 Å². The standard InChI is InChI=1S/C14H20N2O3S/c17-12-7-9(8-16(12)10-3-1-2-4-10)13(18)15-11-5-6-20-14(11)19/h9-11H,1-8H2,(H,15,18)/t9-,11+/m0/s1. The van der Waals surface area contributed by atoms with E-state index in [9.17, 15) is 14.4 Å². The summed E-state index contributed by atoms with van der Waals surface area (Å²) in [6.45, 7) is 0.531. The lowest BCUT2D eigenvalue weighted by Gasteiger charge is -2.24. The molecule has 20 heavy (non-hydrogen) atoms. The van der Waals surface area contributed by atoms with Crippen LogP contribution in [-0.2, 0) is 14.4 Å². The zero-order valence-electron chi connectivity index (χ0n) is 11.5. The van der Waals surface area contributed by atoms with Crippen LogP contribution in [0.4, 0.5) is 0 Å². The quantitative estimate of drug-likeness (QED) is 0.841. The minimum atomic E-state index is -0.344. The number of thioether (sulfide) groups is 1. The maximum absolute atomic E-state index is 12.2. The summed E-state index contributed by atoms with van der Waals surface area (Å²) < 4.78 is 0. The van der Waals surface area contributed by atoms with Crippen LogP contribution in [0.3, 0.4) is 0 Å². The summed E-state index contributed by atoms with van der Waals surface area (Å²) >= 11 is 1.28. The van der Waals surface area contributed by atoms with Gasteiger partial charge in [0, 0.05) is 24.8 Å². The summed E-state index contributed by atoms with van der Waals surface area (Å²) in [6.07, 6.45) is 5.51. The van der Waals surface area contributed by atoms with E-state index in [-0.39, 0.29) is 28.9 Å². The number of hydrogen-bond acceptors (Lipinski definition) is 4. The first-order chi connectivity index (χ1) is 9.65. The molecule has 2 atom stereocenters. The highest BCUT2D eigenvalue weighted by molar-refractivity contribution is 8.14. The molecule has 0 radical (unpaired) electrons. The summed E-state index contributed by atoms with van der Waals surface area (Å²) in [4.78, 5) is 37.7. The Morgan fingerprint density at radius 3 is 2.60 bits per heavy atom. The van der Waals surface area contributed by atoms with Gasteiger partial charge < -0.3 is 10.2 Å². The van der Waals surface area contributed by atoms with E-state index in [2.05, 4.69) is 5.32 Å². The Hall–Kier alpha value is -1.04. The van der Waals surface area contributed by atoms with E-state index in [1.54, 1.807) is 0 Å². The van der Waals surface area contributed by atoms with Gasteiger partial charge in [-0.3, -0.25) is 14.4 Å². The summed E-state index contributed by atoms with van der Waals surface area (Å²) in [6, 6.07) is -0.00731. The first-order valence-corrected chi connectivity index (χ1v) is 8.40. The first-order valence-electron chi connectivity index (χ1n) is 7.41. The van der Waals surface area contributed by atoms with E-state index in [1.165, 1.54) is 24.6 Å². The van der Waals surface area contributed by atoms with Gasteiger partial charge in [0.2, 0.25) is 16.9 Å². The second-order valence-electron chi connectivity index (χ2n) is 5.90. The third-order valence-electron chi connectivity index (χ3n) is 4.55. The second-order valence-corrected chi connectivity index (χ2v) is 7.00. The third-order valence-corrected chi connectivity index (χ3v) is 5.56. The minimum absolute atomic E-state index is 0.0512. The van der Waals surface area contributed by atoms with Gasteiger partial charge in [-0.25, -0.2) is 0 Å². The van der Waals surface area contributed by atoms with Crippen LogP contribution < -0.4 is 5.32 Å². The molecule has 0 bridgehead atoms. The largest absolute Gasteiger partial charge is 0.345 e. The molecule has 1 saturated carbocycles. The fourth-order valence-electron chi connectivity index (χ4n) is 3.39. The zero-order chi connectivity index (χ0) is 14.1. The van der Waals surface area contributed by atoms with Crippen molar-refractivity contribution in [2.24, 2.45) is 5.92 Å². The minimum Gasteiger partial charge on any atom is -0.345 e. The van der Waals surface area contributed by atoms with Crippen molar-refractivity contribution in [1.29, 1.82) is 0 Å². The molecule has 0 spiro atoms. The Labute approximate surface area is 122 Å². The van der Waals surface area contributed by atoms with Gasteiger partial charge in [0.05, 0.1) is 12.0 Å². The molecule has 2 aliphatic heterocycles. The van der Waals surface area contributed by atoms with Gasteiger partial charge in [-0.1, -0.05) is 24.6 Å². The van der Waals surface area contributed by atoms with Gasteiger partial charge >= 0.3 is 0 Å². The molecule has 0 aromatic rings. The van der Waals surface area contributed by atoms with E-state index in [0.29, 0.717) is 25.4 Å². The Morgan fingerprint density at radius 1 is 1.20 bits per heavy atom. The maximum Gasteiger partial charge on any atom is 0.226 e. The average molecular weight is 296 g/mol. The van der Waals surface area contributed by atoms with Crippen molar-refractivity contribution in [3.8, 4) is 0 Å². The number of carbonyl (C=O) groups is 3. The van der Waals surface area contributed by atoms with Crippen LogP contribution in [0.2, 0.25) is 0 Å². The Kier molecular flexibility index (Phi) is 4.01. The number of hydrogen-bond donors (Lipinski definition) is 1. The van der Waals surface area contributed by atoms with E-state index in [1.807, 2.05) is 4.90 Å².